The van der Waals surface area contributed by atoms with Crippen LogP contribution in [0.5, 0.6) is 0 Å². The topological polar surface area (TPSA) is 63.7 Å². The van der Waals surface area contributed by atoms with Crippen molar-refractivity contribution in [3.8, 4) is 0 Å². The van der Waals surface area contributed by atoms with Crippen molar-refractivity contribution in [3.63, 3.8) is 0 Å². The number of ether oxygens (including phenoxy) is 1. The molecule has 0 saturated heterocycles. The predicted molar refractivity (Wildman–Crippen MR) is 114 cm³/mol. The number of benzene rings is 1. The lowest BCUT2D eigenvalue weighted by Gasteiger charge is -2.27. The van der Waals surface area contributed by atoms with Gasteiger partial charge >= 0.3 is 6.09 Å². The minimum atomic E-state index is -4.02. The molecule has 0 unspecified atom stereocenters. The first kappa shape index (κ1) is 24.0. The Kier molecular flexibility index (Phi) is 8.95. The molecule has 6 heteroatoms. The van der Waals surface area contributed by atoms with Crippen molar-refractivity contribution in [1.82, 2.24) is 4.31 Å². The third kappa shape index (κ3) is 7.89. The van der Waals surface area contributed by atoms with Crippen LogP contribution in [0.2, 0.25) is 0 Å². The fraction of sp³-hybridized carbons (Fsp3) is 0.500. The molecule has 5 nitrogen and oxygen atoms in total. The zero-order valence-electron chi connectivity index (χ0n) is 17.7. The molecule has 0 spiro atoms. The Labute approximate surface area is 170 Å². The molecular weight excluding hydrogens is 374 g/mol. The maximum Gasteiger partial charge on any atom is 0.424 e. The molecule has 0 aliphatic rings. The van der Waals surface area contributed by atoms with Crippen LogP contribution in [-0.4, -0.2) is 31.0 Å². The van der Waals surface area contributed by atoms with E-state index >= 15 is 0 Å². The lowest BCUT2D eigenvalue weighted by atomic mass is 10.1. The second-order valence-electron chi connectivity index (χ2n) is 7.82. The van der Waals surface area contributed by atoms with Gasteiger partial charge in [0.15, 0.2) is 0 Å². The molecule has 1 amide bonds. The zero-order chi connectivity index (χ0) is 21.4. The van der Waals surface area contributed by atoms with Crippen LogP contribution in [0.3, 0.4) is 0 Å². The largest absolute Gasteiger partial charge is 0.443 e. The Morgan fingerprint density at radius 3 is 2.36 bits per heavy atom. The molecule has 0 bridgehead atoms. The number of unbranched alkanes of at least 4 members (excludes halogenated alkanes) is 2. The molecule has 0 heterocycles. The highest BCUT2D eigenvalue weighted by molar-refractivity contribution is 7.89. The SMILES string of the molecule is C=C(/C=C/CCCC)CCN(C(=O)OC(C)(C)C)S(=O)(=O)c1ccc(C)cc1. The van der Waals surface area contributed by atoms with E-state index in [0.29, 0.717) is 6.42 Å². The molecule has 1 aromatic carbocycles. The van der Waals surface area contributed by atoms with E-state index in [9.17, 15) is 13.2 Å². The van der Waals surface area contributed by atoms with Gasteiger partial charge in [-0.2, -0.15) is 0 Å². The Morgan fingerprint density at radius 1 is 1.21 bits per heavy atom. The number of nitrogens with zero attached hydrogens (tertiary/aromatic N) is 1. The van der Waals surface area contributed by atoms with Crippen molar-refractivity contribution in [2.45, 2.75) is 70.8 Å². The van der Waals surface area contributed by atoms with Crippen molar-refractivity contribution in [2.24, 2.45) is 0 Å². The molecule has 0 saturated carbocycles. The molecule has 0 aliphatic carbocycles. The molecule has 1 rings (SSSR count). The van der Waals surface area contributed by atoms with Gasteiger partial charge in [-0.1, -0.05) is 61.8 Å². The normalized spacial score (nSPS) is 12.2. The van der Waals surface area contributed by atoms with Gasteiger partial charge in [0.25, 0.3) is 10.0 Å². The van der Waals surface area contributed by atoms with Crippen LogP contribution in [0.4, 0.5) is 4.79 Å². The van der Waals surface area contributed by atoms with Crippen molar-refractivity contribution in [1.29, 1.82) is 0 Å². The summed E-state index contributed by atoms with van der Waals surface area (Å²) >= 11 is 0. The summed E-state index contributed by atoms with van der Waals surface area (Å²) in [7, 11) is -4.02. The predicted octanol–water partition coefficient (Wildman–Crippen LogP) is 5.61. The summed E-state index contributed by atoms with van der Waals surface area (Å²) in [6.07, 6.45) is 6.53. The Balaban J connectivity index is 3.02. The summed E-state index contributed by atoms with van der Waals surface area (Å²) in [6, 6.07) is 6.41. The van der Waals surface area contributed by atoms with Gasteiger partial charge in [-0.25, -0.2) is 17.5 Å². The third-order valence-corrected chi connectivity index (χ3v) is 5.70. The second-order valence-corrected chi connectivity index (χ2v) is 9.69. The maximum absolute atomic E-state index is 13.1. The first-order chi connectivity index (χ1) is 13.0. The number of hydrogen-bond donors (Lipinski definition) is 0. The van der Waals surface area contributed by atoms with Gasteiger partial charge in [0, 0.05) is 6.54 Å². The quantitative estimate of drug-likeness (QED) is 0.394. The number of hydrogen-bond acceptors (Lipinski definition) is 4. The average molecular weight is 408 g/mol. The monoisotopic (exact) mass is 407 g/mol. The summed E-state index contributed by atoms with van der Waals surface area (Å²) < 4.78 is 32.3. The smallest absolute Gasteiger partial charge is 0.424 e. The van der Waals surface area contributed by atoms with Crippen molar-refractivity contribution >= 4 is 16.1 Å². The molecule has 0 radical (unpaired) electrons. The van der Waals surface area contributed by atoms with E-state index in [2.05, 4.69) is 13.5 Å². The van der Waals surface area contributed by atoms with E-state index in [0.717, 1.165) is 34.7 Å². The van der Waals surface area contributed by atoms with Gasteiger partial charge in [-0.15, -0.1) is 0 Å². The van der Waals surface area contributed by atoms with Gasteiger partial charge in [0.2, 0.25) is 0 Å². The molecule has 0 aliphatic heterocycles. The first-order valence-corrected chi connectivity index (χ1v) is 11.1. The highest BCUT2D eigenvalue weighted by Gasteiger charge is 2.32. The van der Waals surface area contributed by atoms with Crippen LogP contribution >= 0.6 is 0 Å². The number of rotatable bonds is 9. The Hall–Kier alpha value is -2.08. The highest BCUT2D eigenvalue weighted by Crippen LogP contribution is 2.21. The number of carbonyl (C=O) groups is 1. The maximum atomic E-state index is 13.1. The van der Waals surface area contributed by atoms with E-state index in [1.54, 1.807) is 32.9 Å². The van der Waals surface area contributed by atoms with Crippen LogP contribution in [0.25, 0.3) is 0 Å². The van der Waals surface area contributed by atoms with Crippen LogP contribution in [0.1, 0.15) is 58.9 Å². The summed E-state index contributed by atoms with van der Waals surface area (Å²) in [6.45, 7) is 13.0. The molecule has 1 aromatic rings. The van der Waals surface area contributed by atoms with E-state index in [-0.39, 0.29) is 11.4 Å². The minimum Gasteiger partial charge on any atom is -0.443 e. The summed E-state index contributed by atoms with van der Waals surface area (Å²) in [4.78, 5) is 12.7. The van der Waals surface area contributed by atoms with Crippen LogP contribution in [0, 0.1) is 6.92 Å². The lowest BCUT2D eigenvalue weighted by molar-refractivity contribution is 0.0392. The van der Waals surface area contributed by atoms with Crippen molar-refractivity contribution < 1.29 is 17.9 Å². The van der Waals surface area contributed by atoms with Gasteiger partial charge in [0.05, 0.1) is 4.90 Å². The molecule has 0 N–H and O–H groups in total. The van der Waals surface area contributed by atoms with E-state index in [1.807, 2.05) is 19.1 Å². The number of aryl methyl sites for hydroxylation is 1. The number of sulfonamides is 1. The minimum absolute atomic E-state index is 0.0257. The van der Waals surface area contributed by atoms with E-state index < -0.39 is 21.7 Å². The molecule has 156 valence electrons. The molecule has 0 atom stereocenters. The number of allylic oxidation sites excluding steroid dienone is 2. The third-order valence-electron chi connectivity index (χ3n) is 3.92. The Morgan fingerprint density at radius 2 is 1.82 bits per heavy atom. The molecule has 0 fully saturated rings. The molecular formula is C22H33NO4S. The lowest BCUT2D eigenvalue weighted by Crippen LogP contribution is -2.41. The van der Waals surface area contributed by atoms with Gasteiger partial charge in [-0.3, -0.25) is 0 Å². The average Bonchev–Trinajstić information content (AvgIpc) is 2.57. The highest BCUT2D eigenvalue weighted by atomic mass is 32.2. The van der Waals surface area contributed by atoms with Crippen LogP contribution in [-0.2, 0) is 14.8 Å². The van der Waals surface area contributed by atoms with Crippen LogP contribution in [0.15, 0.2) is 53.5 Å². The second kappa shape index (κ2) is 10.5. The van der Waals surface area contributed by atoms with E-state index in [1.165, 1.54) is 12.1 Å². The molecule has 28 heavy (non-hydrogen) atoms. The summed E-state index contributed by atoms with van der Waals surface area (Å²) in [5.74, 6) is 0. The first-order valence-electron chi connectivity index (χ1n) is 9.64. The molecule has 0 aromatic heterocycles. The van der Waals surface area contributed by atoms with Gasteiger partial charge in [-0.05, 0) is 52.7 Å². The van der Waals surface area contributed by atoms with E-state index in [4.69, 9.17) is 4.74 Å². The fourth-order valence-electron chi connectivity index (χ4n) is 2.36. The fourth-order valence-corrected chi connectivity index (χ4v) is 3.66. The number of carbonyl (C=O) groups excluding carboxylic acids is 1. The Bertz CT molecular complexity index is 787. The van der Waals surface area contributed by atoms with Crippen molar-refractivity contribution in [2.75, 3.05) is 6.54 Å². The van der Waals surface area contributed by atoms with Gasteiger partial charge in [0.1, 0.15) is 5.60 Å². The summed E-state index contributed by atoms with van der Waals surface area (Å²) in [5, 5.41) is 0. The van der Waals surface area contributed by atoms with Gasteiger partial charge < -0.3 is 4.74 Å². The van der Waals surface area contributed by atoms with Crippen LogP contribution < -0.4 is 0 Å². The number of amides is 1. The van der Waals surface area contributed by atoms with Crippen molar-refractivity contribution in [3.05, 3.63) is 54.1 Å². The summed E-state index contributed by atoms with van der Waals surface area (Å²) in [5.41, 5.74) is 0.909. The standard InChI is InChI=1S/C22H33NO4S/c1-7-8-9-10-11-18(2)16-17-23(21(24)27-22(4,5)6)28(25,26)20-14-12-19(3)13-15-20/h10-15H,2,7-9,16-17H2,1,3-6H3/b11-10+. The zero-order valence-corrected chi connectivity index (χ0v) is 18.5.